The predicted molar refractivity (Wildman–Crippen MR) is 136 cm³/mol. The Balaban J connectivity index is 2.21. The van der Waals surface area contributed by atoms with Crippen LogP contribution in [-0.2, 0) is 6.42 Å². The molecule has 3 aromatic heterocycles. The Morgan fingerprint density at radius 2 is 1.30 bits per heavy atom. The van der Waals surface area contributed by atoms with E-state index in [9.17, 15) is 0 Å². The fraction of sp³-hybridized carbons (Fsp3) is 0.517. The molecule has 0 aliphatic carbocycles. The second kappa shape index (κ2) is 10.1. The summed E-state index contributed by atoms with van der Waals surface area (Å²) in [7, 11) is 0. The molecule has 0 saturated carbocycles. The summed E-state index contributed by atoms with van der Waals surface area (Å²) in [5.74, 6) is 1.38. The van der Waals surface area contributed by atoms with Gasteiger partial charge in [-0.15, -0.1) is 0 Å². The average Bonchev–Trinajstić information content (AvgIpc) is 2.75. The van der Waals surface area contributed by atoms with E-state index in [0.717, 1.165) is 23.5 Å². The molecule has 176 valence electrons. The van der Waals surface area contributed by atoms with Crippen molar-refractivity contribution in [3.05, 3.63) is 75.9 Å². The minimum Gasteiger partial charge on any atom is -0.261 e. The number of rotatable bonds is 7. The van der Waals surface area contributed by atoms with E-state index in [1.165, 1.54) is 33.6 Å². The highest BCUT2D eigenvalue weighted by atomic mass is 15.0. The van der Waals surface area contributed by atoms with E-state index in [0.29, 0.717) is 23.7 Å². The monoisotopic (exact) mass is 445 g/mol. The van der Waals surface area contributed by atoms with Gasteiger partial charge < -0.3 is 0 Å². The summed E-state index contributed by atoms with van der Waals surface area (Å²) in [6, 6.07) is 4.42. The quantitative estimate of drug-likeness (QED) is 0.376. The van der Waals surface area contributed by atoms with Crippen LogP contribution in [0.3, 0.4) is 0 Å². The zero-order valence-corrected chi connectivity index (χ0v) is 22.2. The summed E-state index contributed by atoms with van der Waals surface area (Å²) >= 11 is 0. The fourth-order valence-electron chi connectivity index (χ4n) is 4.90. The third kappa shape index (κ3) is 5.00. The van der Waals surface area contributed by atoms with E-state index in [-0.39, 0.29) is 0 Å². The van der Waals surface area contributed by atoms with Crippen molar-refractivity contribution in [3.63, 3.8) is 0 Å². The highest BCUT2D eigenvalue weighted by Crippen LogP contribution is 2.30. The molecule has 3 aromatic rings. The number of hydrogen-bond donors (Lipinski definition) is 0. The maximum atomic E-state index is 4.74. The lowest BCUT2D eigenvalue weighted by molar-refractivity contribution is -0.608. The molecule has 1 unspecified atom stereocenters. The van der Waals surface area contributed by atoms with E-state index >= 15 is 0 Å². The molecule has 0 fully saturated rings. The number of aromatic nitrogens is 4. The van der Waals surface area contributed by atoms with Gasteiger partial charge in [0.15, 0.2) is 11.9 Å². The van der Waals surface area contributed by atoms with Crippen LogP contribution in [0, 0.1) is 20.8 Å². The van der Waals surface area contributed by atoms with Crippen LogP contribution in [0.4, 0.5) is 0 Å². The van der Waals surface area contributed by atoms with Crippen molar-refractivity contribution in [2.24, 2.45) is 0 Å². The van der Waals surface area contributed by atoms with Crippen LogP contribution in [0.2, 0.25) is 0 Å². The second-order valence-electron chi connectivity index (χ2n) is 10.4. The van der Waals surface area contributed by atoms with Crippen LogP contribution in [-0.4, -0.2) is 15.0 Å². The summed E-state index contributed by atoms with van der Waals surface area (Å²) in [4.78, 5) is 14.1. The standard InChI is InChI=1S/C29H41N4/c1-17(2)25-23(10)24(11-13-30-25)15-21(8)28-22(9)20(7)12-14-33(28)29-26(18(3)4)31-16-32-27(29)19(5)6/h11-14,16-19,21H,15H2,1-10H3/q+1. The van der Waals surface area contributed by atoms with Crippen molar-refractivity contribution in [2.75, 3.05) is 0 Å². The summed E-state index contributed by atoms with van der Waals surface area (Å²) < 4.78 is 2.39. The van der Waals surface area contributed by atoms with Crippen LogP contribution in [0.15, 0.2) is 30.9 Å². The maximum absolute atomic E-state index is 4.74. The Bertz CT molecular complexity index is 1100. The van der Waals surface area contributed by atoms with Crippen LogP contribution >= 0.6 is 0 Å². The summed E-state index contributed by atoms with van der Waals surface area (Å²) in [6.07, 6.45) is 6.90. The Labute approximate surface area is 200 Å². The smallest absolute Gasteiger partial charge is 0.254 e. The lowest BCUT2D eigenvalue weighted by Gasteiger charge is -2.20. The van der Waals surface area contributed by atoms with Crippen LogP contribution in [0.1, 0.15) is 117 Å². The van der Waals surface area contributed by atoms with Gasteiger partial charge in [-0.25, -0.2) is 9.97 Å². The van der Waals surface area contributed by atoms with Crippen molar-refractivity contribution in [1.82, 2.24) is 15.0 Å². The lowest BCUT2D eigenvalue weighted by Crippen LogP contribution is -2.41. The van der Waals surface area contributed by atoms with Gasteiger partial charge in [0.1, 0.15) is 17.7 Å². The zero-order chi connectivity index (χ0) is 24.4. The number of nitrogens with zero attached hydrogens (tertiary/aromatic N) is 4. The van der Waals surface area contributed by atoms with E-state index in [4.69, 9.17) is 9.97 Å². The molecule has 1 atom stereocenters. The third-order valence-corrected chi connectivity index (χ3v) is 6.82. The Kier molecular flexibility index (Phi) is 7.66. The van der Waals surface area contributed by atoms with E-state index in [1.807, 2.05) is 6.20 Å². The second-order valence-corrected chi connectivity index (χ2v) is 10.4. The van der Waals surface area contributed by atoms with Crippen molar-refractivity contribution in [1.29, 1.82) is 0 Å². The van der Waals surface area contributed by atoms with Crippen molar-refractivity contribution < 1.29 is 4.57 Å². The third-order valence-electron chi connectivity index (χ3n) is 6.82. The molecule has 3 heterocycles. The van der Waals surface area contributed by atoms with Gasteiger partial charge in [0.05, 0.1) is 0 Å². The number of hydrogen-bond acceptors (Lipinski definition) is 3. The first-order chi connectivity index (χ1) is 15.5. The number of pyridine rings is 2. The van der Waals surface area contributed by atoms with Crippen molar-refractivity contribution in [3.8, 4) is 5.69 Å². The van der Waals surface area contributed by atoms with Crippen molar-refractivity contribution in [2.45, 2.75) is 99.3 Å². The Morgan fingerprint density at radius 1 is 0.727 bits per heavy atom. The van der Waals surface area contributed by atoms with Gasteiger partial charge in [0.25, 0.3) is 5.69 Å². The lowest BCUT2D eigenvalue weighted by atomic mass is 9.89. The van der Waals surface area contributed by atoms with Gasteiger partial charge in [-0.1, -0.05) is 48.5 Å². The van der Waals surface area contributed by atoms with Gasteiger partial charge in [0, 0.05) is 41.3 Å². The molecule has 0 aromatic carbocycles. The molecule has 0 amide bonds. The molecule has 0 aliphatic heterocycles. The van der Waals surface area contributed by atoms with Crippen LogP contribution < -0.4 is 4.57 Å². The summed E-state index contributed by atoms with van der Waals surface area (Å²) in [6.45, 7) is 22.3. The summed E-state index contributed by atoms with van der Waals surface area (Å²) in [5.41, 5.74) is 11.3. The first kappa shape index (κ1) is 25.0. The minimum atomic E-state index is 0.314. The topological polar surface area (TPSA) is 42.5 Å². The maximum Gasteiger partial charge on any atom is 0.254 e. The fourth-order valence-corrected chi connectivity index (χ4v) is 4.90. The molecule has 0 spiro atoms. The van der Waals surface area contributed by atoms with Gasteiger partial charge in [-0.2, -0.15) is 4.57 Å². The largest absolute Gasteiger partial charge is 0.261 e. The molecular weight excluding hydrogens is 404 g/mol. The molecule has 0 saturated heterocycles. The molecule has 0 N–H and O–H groups in total. The Morgan fingerprint density at radius 3 is 1.85 bits per heavy atom. The summed E-state index contributed by atoms with van der Waals surface area (Å²) in [5, 5.41) is 0. The first-order valence-electron chi connectivity index (χ1n) is 12.4. The molecule has 0 bridgehead atoms. The van der Waals surface area contributed by atoms with Crippen molar-refractivity contribution >= 4 is 0 Å². The molecule has 0 radical (unpaired) electrons. The van der Waals surface area contributed by atoms with Gasteiger partial charge >= 0.3 is 0 Å². The van der Waals surface area contributed by atoms with Gasteiger partial charge in [0.2, 0.25) is 0 Å². The molecule has 3 rings (SSSR count). The molecule has 33 heavy (non-hydrogen) atoms. The van der Waals surface area contributed by atoms with Gasteiger partial charge in [-0.3, -0.25) is 4.98 Å². The van der Waals surface area contributed by atoms with E-state index in [1.54, 1.807) is 6.33 Å². The first-order valence-corrected chi connectivity index (χ1v) is 12.4. The molecule has 4 heteroatoms. The predicted octanol–water partition coefficient (Wildman–Crippen LogP) is 6.79. The van der Waals surface area contributed by atoms with E-state index in [2.05, 4.69) is 97.1 Å². The molecular formula is C29H41N4+. The highest BCUT2D eigenvalue weighted by Gasteiger charge is 2.31. The minimum absolute atomic E-state index is 0.314. The normalized spacial score (nSPS) is 12.8. The van der Waals surface area contributed by atoms with E-state index < -0.39 is 0 Å². The highest BCUT2D eigenvalue weighted by molar-refractivity contribution is 5.39. The van der Waals surface area contributed by atoms with Crippen LogP contribution in [0.5, 0.6) is 0 Å². The molecule has 4 nitrogen and oxygen atoms in total. The van der Waals surface area contributed by atoms with Gasteiger partial charge in [-0.05, 0) is 55.9 Å². The number of aryl methyl sites for hydroxylation is 1. The average molecular weight is 446 g/mol. The Hall–Kier alpha value is -2.62. The molecule has 0 aliphatic rings. The zero-order valence-electron chi connectivity index (χ0n) is 22.2. The van der Waals surface area contributed by atoms with Crippen LogP contribution in [0.25, 0.3) is 5.69 Å². The SMILES string of the molecule is Cc1cc[n+](-c2c(C(C)C)ncnc2C(C)C)c(C(C)Cc2ccnc(C(C)C)c2C)c1C.